The Balaban J connectivity index is 2.48. The summed E-state index contributed by atoms with van der Waals surface area (Å²) in [7, 11) is 0. The summed E-state index contributed by atoms with van der Waals surface area (Å²) in [4.78, 5) is 14.6. The van der Waals surface area contributed by atoms with Gasteiger partial charge in [0.05, 0.1) is 11.6 Å². The van der Waals surface area contributed by atoms with Gasteiger partial charge in [0.25, 0.3) is 0 Å². The van der Waals surface area contributed by atoms with E-state index in [0.717, 1.165) is 39.0 Å². The number of amides is 1. The van der Waals surface area contributed by atoms with E-state index in [1.165, 1.54) is 0 Å². The molecule has 0 aliphatic carbocycles. The largest absolute Gasteiger partial charge is 0.391 e. The number of nitrogens with one attached hydrogen (secondary N) is 2. The van der Waals surface area contributed by atoms with Gasteiger partial charge in [-0.25, -0.2) is 0 Å². The zero-order valence-corrected chi connectivity index (χ0v) is 13.4. The first-order valence-electron chi connectivity index (χ1n) is 7.85. The topological polar surface area (TPSA) is 64.6 Å². The number of aliphatic hydroxyl groups is 1. The molecule has 1 aliphatic heterocycles. The van der Waals surface area contributed by atoms with Gasteiger partial charge < -0.3 is 15.7 Å². The maximum atomic E-state index is 12.4. The predicted octanol–water partition coefficient (Wildman–Crippen LogP) is 0.584. The van der Waals surface area contributed by atoms with Crippen LogP contribution in [0.25, 0.3) is 0 Å². The van der Waals surface area contributed by atoms with Crippen LogP contribution in [0.4, 0.5) is 0 Å². The summed E-state index contributed by atoms with van der Waals surface area (Å²) in [5, 5.41) is 16.3. The highest BCUT2D eigenvalue weighted by Gasteiger charge is 2.35. The second kappa shape index (κ2) is 7.96. The third-order valence-electron chi connectivity index (χ3n) is 4.53. The molecule has 1 saturated heterocycles. The van der Waals surface area contributed by atoms with Gasteiger partial charge in [0, 0.05) is 32.7 Å². The number of carbonyl (C=O) groups excluding carboxylic acids is 1. The fourth-order valence-electron chi connectivity index (χ4n) is 2.78. The van der Waals surface area contributed by atoms with Crippen molar-refractivity contribution in [1.29, 1.82) is 0 Å². The Morgan fingerprint density at radius 2 is 1.85 bits per heavy atom. The van der Waals surface area contributed by atoms with Gasteiger partial charge in [-0.3, -0.25) is 9.69 Å². The Morgan fingerprint density at radius 3 is 2.35 bits per heavy atom. The minimum atomic E-state index is -0.518. The first-order chi connectivity index (χ1) is 9.43. The summed E-state index contributed by atoms with van der Waals surface area (Å²) >= 11 is 0. The van der Waals surface area contributed by atoms with Crippen LogP contribution >= 0.6 is 0 Å². The van der Waals surface area contributed by atoms with Crippen LogP contribution < -0.4 is 10.6 Å². The molecule has 1 atom stereocenters. The molecule has 1 heterocycles. The van der Waals surface area contributed by atoms with Gasteiger partial charge in [-0.2, -0.15) is 0 Å². The van der Waals surface area contributed by atoms with Gasteiger partial charge in [-0.15, -0.1) is 0 Å². The number of carbonyl (C=O) groups is 1. The predicted molar refractivity (Wildman–Crippen MR) is 81.6 cm³/mol. The Kier molecular flexibility index (Phi) is 6.92. The highest BCUT2D eigenvalue weighted by molar-refractivity contribution is 5.85. The molecule has 0 saturated carbocycles. The van der Waals surface area contributed by atoms with Crippen molar-refractivity contribution in [1.82, 2.24) is 15.5 Å². The zero-order chi connectivity index (χ0) is 15.2. The Hall–Kier alpha value is -0.650. The summed E-state index contributed by atoms with van der Waals surface area (Å²) < 4.78 is 0. The standard InChI is InChI=1S/C15H31N3O2/c1-5-12(6-2)13(19)11-17-14(20)15(3,4)18-9-7-16-8-10-18/h12-13,16,19H,5-11H2,1-4H3,(H,17,20). The lowest BCUT2D eigenvalue weighted by molar-refractivity contribution is -0.132. The van der Waals surface area contributed by atoms with E-state index in [4.69, 9.17) is 0 Å². The molecule has 1 amide bonds. The average Bonchev–Trinajstić information content (AvgIpc) is 2.46. The minimum Gasteiger partial charge on any atom is -0.391 e. The fourth-order valence-corrected chi connectivity index (χ4v) is 2.78. The van der Waals surface area contributed by atoms with E-state index < -0.39 is 11.6 Å². The van der Waals surface area contributed by atoms with Crippen molar-refractivity contribution in [3.05, 3.63) is 0 Å². The summed E-state index contributed by atoms with van der Waals surface area (Å²) in [5.74, 6) is 0.266. The molecule has 118 valence electrons. The van der Waals surface area contributed by atoms with Crippen molar-refractivity contribution in [2.75, 3.05) is 32.7 Å². The zero-order valence-electron chi connectivity index (χ0n) is 13.4. The molecule has 3 N–H and O–H groups in total. The third-order valence-corrected chi connectivity index (χ3v) is 4.53. The molecule has 1 aliphatic rings. The SMILES string of the molecule is CCC(CC)C(O)CNC(=O)C(C)(C)N1CCNCC1. The average molecular weight is 285 g/mol. The Bertz CT molecular complexity index is 297. The van der Waals surface area contributed by atoms with E-state index in [1.807, 2.05) is 13.8 Å². The van der Waals surface area contributed by atoms with Gasteiger partial charge in [-0.1, -0.05) is 26.7 Å². The van der Waals surface area contributed by atoms with Crippen molar-refractivity contribution >= 4 is 5.91 Å². The lowest BCUT2D eigenvalue weighted by Gasteiger charge is -2.40. The first-order valence-corrected chi connectivity index (χ1v) is 7.85. The normalized spacial score (nSPS) is 19.1. The van der Waals surface area contributed by atoms with Crippen molar-refractivity contribution in [3.8, 4) is 0 Å². The van der Waals surface area contributed by atoms with E-state index in [2.05, 4.69) is 29.4 Å². The van der Waals surface area contributed by atoms with E-state index in [1.54, 1.807) is 0 Å². The number of aliphatic hydroxyl groups excluding tert-OH is 1. The van der Waals surface area contributed by atoms with Gasteiger partial charge in [0.15, 0.2) is 0 Å². The number of nitrogens with zero attached hydrogens (tertiary/aromatic N) is 1. The maximum absolute atomic E-state index is 12.4. The third kappa shape index (κ3) is 4.43. The number of hydrogen-bond donors (Lipinski definition) is 3. The number of piperazine rings is 1. The molecule has 0 aromatic heterocycles. The van der Waals surface area contributed by atoms with Gasteiger partial charge in [0.2, 0.25) is 5.91 Å². The molecule has 5 heteroatoms. The summed E-state index contributed by atoms with van der Waals surface area (Å²) in [6.07, 6.45) is 1.43. The van der Waals surface area contributed by atoms with Crippen molar-refractivity contribution in [3.63, 3.8) is 0 Å². The van der Waals surface area contributed by atoms with Crippen molar-refractivity contribution in [2.45, 2.75) is 52.2 Å². The van der Waals surface area contributed by atoms with Crippen LogP contribution in [-0.2, 0) is 4.79 Å². The monoisotopic (exact) mass is 285 g/mol. The van der Waals surface area contributed by atoms with Crippen molar-refractivity contribution in [2.24, 2.45) is 5.92 Å². The van der Waals surface area contributed by atoms with Crippen LogP contribution in [0.15, 0.2) is 0 Å². The highest BCUT2D eigenvalue weighted by atomic mass is 16.3. The minimum absolute atomic E-state index is 0.00408. The second-order valence-corrected chi connectivity index (χ2v) is 6.15. The van der Waals surface area contributed by atoms with Crippen LogP contribution in [0.3, 0.4) is 0 Å². The molecule has 20 heavy (non-hydrogen) atoms. The molecule has 0 spiro atoms. The second-order valence-electron chi connectivity index (χ2n) is 6.15. The molecule has 0 bridgehead atoms. The molecular weight excluding hydrogens is 254 g/mol. The van der Waals surface area contributed by atoms with E-state index in [-0.39, 0.29) is 11.8 Å². The Morgan fingerprint density at radius 1 is 1.30 bits per heavy atom. The van der Waals surface area contributed by atoms with Crippen LogP contribution in [0.5, 0.6) is 0 Å². The highest BCUT2D eigenvalue weighted by Crippen LogP contribution is 2.16. The first kappa shape index (κ1) is 17.4. The summed E-state index contributed by atoms with van der Waals surface area (Å²) in [6.45, 7) is 12.0. The van der Waals surface area contributed by atoms with Gasteiger partial charge >= 0.3 is 0 Å². The summed E-state index contributed by atoms with van der Waals surface area (Å²) in [6, 6.07) is 0. The Labute approximate surface area is 123 Å². The lowest BCUT2D eigenvalue weighted by Crippen LogP contribution is -2.60. The van der Waals surface area contributed by atoms with E-state index in [0.29, 0.717) is 6.54 Å². The molecule has 0 aromatic rings. The maximum Gasteiger partial charge on any atom is 0.240 e. The number of hydrogen-bond acceptors (Lipinski definition) is 4. The molecule has 1 rings (SSSR count). The van der Waals surface area contributed by atoms with Crippen molar-refractivity contribution < 1.29 is 9.90 Å². The fraction of sp³-hybridized carbons (Fsp3) is 0.933. The molecule has 0 radical (unpaired) electrons. The van der Waals surface area contributed by atoms with Gasteiger partial charge in [0.1, 0.15) is 0 Å². The number of rotatable bonds is 7. The molecule has 5 nitrogen and oxygen atoms in total. The molecular formula is C15H31N3O2. The smallest absolute Gasteiger partial charge is 0.240 e. The van der Waals surface area contributed by atoms with Crippen LogP contribution in [-0.4, -0.2) is 60.3 Å². The van der Waals surface area contributed by atoms with Crippen LogP contribution in [0, 0.1) is 5.92 Å². The van der Waals surface area contributed by atoms with E-state index in [9.17, 15) is 9.90 Å². The quantitative estimate of drug-likeness (QED) is 0.640. The van der Waals surface area contributed by atoms with Crippen LogP contribution in [0.2, 0.25) is 0 Å². The molecule has 0 aromatic carbocycles. The molecule has 1 fully saturated rings. The molecule has 1 unspecified atom stereocenters. The van der Waals surface area contributed by atoms with E-state index >= 15 is 0 Å². The van der Waals surface area contributed by atoms with Gasteiger partial charge in [-0.05, 0) is 19.8 Å². The summed E-state index contributed by atoms with van der Waals surface area (Å²) in [5.41, 5.74) is -0.518. The van der Waals surface area contributed by atoms with Crippen LogP contribution in [0.1, 0.15) is 40.5 Å². The lowest BCUT2D eigenvalue weighted by atomic mass is 9.95.